The molecule has 1 fully saturated rings. The van der Waals surface area contributed by atoms with Crippen molar-refractivity contribution in [2.45, 2.75) is 36.9 Å². The molecule has 4 heteroatoms. The minimum atomic E-state index is 0.292. The highest BCUT2D eigenvalue weighted by Gasteiger charge is 2.24. The van der Waals surface area contributed by atoms with Gasteiger partial charge >= 0.3 is 0 Å². The van der Waals surface area contributed by atoms with Gasteiger partial charge in [-0.3, -0.25) is 0 Å². The zero-order chi connectivity index (χ0) is 14.5. The van der Waals surface area contributed by atoms with Crippen molar-refractivity contribution in [3.05, 3.63) is 17.7 Å². The summed E-state index contributed by atoms with van der Waals surface area (Å²) in [5.41, 5.74) is 1.14. The van der Waals surface area contributed by atoms with Crippen LogP contribution in [-0.2, 0) is 0 Å². The lowest BCUT2D eigenvalue weighted by Gasteiger charge is -2.20. The van der Waals surface area contributed by atoms with E-state index < -0.39 is 0 Å². The predicted molar refractivity (Wildman–Crippen MR) is 84.3 cm³/mol. The summed E-state index contributed by atoms with van der Waals surface area (Å²) in [5, 5.41) is 0. The molecular formula is C16H23BrO3. The molecule has 1 aliphatic carbocycles. The first-order valence-corrected chi connectivity index (χ1v) is 8.05. The second kappa shape index (κ2) is 7.21. The molecule has 0 aliphatic heterocycles. The van der Waals surface area contributed by atoms with E-state index in [4.69, 9.17) is 14.2 Å². The topological polar surface area (TPSA) is 27.7 Å². The Kier molecular flexibility index (Phi) is 5.58. The molecule has 0 heterocycles. The van der Waals surface area contributed by atoms with Gasteiger partial charge in [-0.2, -0.15) is 0 Å². The van der Waals surface area contributed by atoms with Crippen molar-refractivity contribution in [1.82, 2.24) is 0 Å². The quantitative estimate of drug-likeness (QED) is 0.699. The Morgan fingerprint density at radius 1 is 1.05 bits per heavy atom. The van der Waals surface area contributed by atoms with Crippen LogP contribution in [-0.4, -0.2) is 21.3 Å². The fourth-order valence-electron chi connectivity index (χ4n) is 3.04. The highest BCUT2D eigenvalue weighted by Crippen LogP contribution is 2.46. The average molecular weight is 343 g/mol. The van der Waals surface area contributed by atoms with Crippen molar-refractivity contribution in [3.8, 4) is 17.2 Å². The third-order valence-electron chi connectivity index (χ3n) is 4.09. The normalized spacial score (nSPS) is 17.0. The third-order valence-corrected chi connectivity index (χ3v) is 4.95. The highest BCUT2D eigenvalue weighted by molar-refractivity contribution is 9.09. The van der Waals surface area contributed by atoms with E-state index in [2.05, 4.69) is 22.0 Å². The van der Waals surface area contributed by atoms with Crippen LogP contribution in [0.15, 0.2) is 12.1 Å². The molecule has 1 aromatic carbocycles. The molecule has 1 unspecified atom stereocenters. The van der Waals surface area contributed by atoms with E-state index in [1.807, 2.05) is 6.07 Å². The maximum absolute atomic E-state index is 5.56. The highest BCUT2D eigenvalue weighted by atomic mass is 79.9. The Bertz CT molecular complexity index is 442. The SMILES string of the molecule is COc1ccc(C(Br)CC2CCCC2)c(OC)c1OC. The second-order valence-corrected chi connectivity index (χ2v) is 6.38. The minimum absolute atomic E-state index is 0.292. The van der Waals surface area contributed by atoms with Crippen LogP contribution in [0.3, 0.4) is 0 Å². The van der Waals surface area contributed by atoms with E-state index in [9.17, 15) is 0 Å². The van der Waals surface area contributed by atoms with Gasteiger partial charge in [-0.05, 0) is 18.4 Å². The molecule has 1 atom stereocenters. The molecule has 0 spiro atoms. The molecule has 112 valence electrons. The maximum Gasteiger partial charge on any atom is 0.203 e. The fraction of sp³-hybridized carbons (Fsp3) is 0.625. The molecule has 0 bridgehead atoms. The van der Waals surface area contributed by atoms with Crippen molar-refractivity contribution < 1.29 is 14.2 Å². The van der Waals surface area contributed by atoms with Gasteiger partial charge in [-0.25, -0.2) is 0 Å². The molecule has 1 saturated carbocycles. The number of rotatable bonds is 6. The summed E-state index contributed by atoms with van der Waals surface area (Å²) < 4.78 is 16.3. The van der Waals surface area contributed by atoms with Crippen LogP contribution in [0.1, 0.15) is 42.5 Å². The molecule has 1 aliphatic rings. The Morgan fingerprint density at radius 2 is 1.70 bits per heavy atom. The van der Waals surface area contributed by atoms with Gasteiger partial charge < -0.3 is 14.2 Å². The van der Waals surface area contributed by atoms with Crippen LogP contribution in [0.5, 0.6) is 17.2 Å². The van der Waals surface area contributed by atoms with Crippen molar-refractivity contribution in [1.29, 1.82) is 0 Å². The van der Waals surface area contributed by atoms with E-state index in [1.54, 1.807) is 21.3 Å². The summed E-state index contributed by atoms with van der Waals surface area (Å²) in [6.07, 6.45) is 6.57. The lowest BCUT2D eigenvalue weighted by Crippen LogP contribution is -2.03. The summed E-state index contributed by atoms with van der Waals surface area (Å²) in [5.74, 6) is 2.96. The summed E-state index contributed by atoms with van der Waals surface area (Å²) >= 11 is 3.82. The number of methoxy groups -OCH3 is 3. The maximum atomic E-state index is 5.56. The summed E-state index contributed by atoms with van der Waals surface area (Å²) in [6, 6.07) is 4.01. The van der Waals surface area contributed by atoms with E-state index in [-0.39, 0.29) is 0 Å². The number of benzene rings is 1. The summed E-state index contributed by atoms with van der Waals surface area (Å²) in [7, 11) is 4.96. The summed E-state index contributed by atoms with van der Waals surface area (Å²) in [4.78, 5) is 0.292. The number of halogens is 1. The van der Waals surface area contributed by atoms with E-state index in [0.717, 1.165) is 23.7 Å². The van der Waals surface area contributed by atoms with Gasteiger partial charge in [0.25, 0.3) is 0 Å². The Hall–Kier alpha value is -0.900. The van der Waals surface area contributed by atoms with Crippen molar-refractivity contribution in [2.75, 3.05) is 21.3 Å². The Morgan fingerprint density at radius 3 is 2.25 bits per heavy atom. The van der Waals surface area contributed by atoms with Crippen LogP contribution < -0.4 is 14.2 Å². The smallest absolute Gasteiger partial charge is 0.203 e. The van der Waals surface area contributed by atoms with Crippen molar-refractivity contribution in [2.24, 2.45) is 5.92 Å². The van der Waals surface area contributed by atoms with Crippen LogP contribution >= 0.6 is 15.9 Å². The molecule has 3 nitrogen and oxygen atoms in total. The molecule has 0 saturated heterocycles. The molecule has 0 aromatic heterocycles. The van der Waals surface area contributed by atoms with E-state index >= 15 is 0 Å². The summed E-state index contributed by atoms with van der Waals surface area (Å²) in [6.45, 7) is 0. The van der Waals surface area contributed by atoms with E-state index in [0.29, 0.717) is 16.3 Å². The first-order chi connectivity index (χ1) is 9.71. The standard InChI is InChI=1S/C16H23BrO3/c1-18-14-9-8-12(15(19-2)16(14)20-3)13(17)10-11-6-4-5-7-11/h8-9,11,13H,4-7,10H2,1-3H3. The molecule has 0 N–H and O–H groups in total. The predicted octanol–water partition coefficient (Wildman–Crippen LogP) is 4.73. The number of ether oxygens (including phenoxy) is 3. The van der Waals surface area contributed by atoms with Gasteiger partial charge in [0.1, 0.15) is 0 Å². The van der Waals surface area contributed by atoms with E-state index in [1.165, 1.54) is 25.7 Å². The fourth-order valence-corrected chi connectivity index (χ4v) is 3.93. The first kappa shape index (κ1) is 15.5. The molecule has 2 rings (SSSR count). The Labute approximate surface area is 129 Å². The molecule has 20 heavy (non-hydrogen) atoms. The van der Waals surface area contributed by atoms with Crippen LogP contribution in [0.25, 0.3) is 0 Å². The lowest BCUT2D eigenvalue weighted by molar-refractivity contribution is 0.321. The van der Waals surface area contributed by atoms with Gasteiger partial charge in [0.05, 0.1) is 21.3 Å². The Balaban J connectivity index is 2.25. The molecule has 0 radical (unpaired) electrons. The molecule has 0 amide bonds. The molecular weight excluding hydrogens is 320 g/mol. The van der Waals surface area contributed by atoms with Gasteiger partial charge in [0.2, 0.25) is 5.75 Å². The zero-order valence-electron chi connectivity index (χ0n) is 12.4. The van der Waals surface area contributed by atoms with Crippen LogP contribution in [0.4, 0.5) is 0 Å². The monoisotopic (exact) mass is 342 g/mol. The van der Waals surface area contributed by atoms with Gasteiger partial charge in [-0.15, -0.1) is 0 Å². The van der Waals surface area contributed by atoms with Crippen molar-refractivity contribution in [3.63, 3.8) is 0 Å². The largest absolute Gasteiger partial charge is 0.493 e. The van der Waals surface area contributed by atoms with Gasteiger partial charge in [0.15, 0.2) is 11.5 Å². The third kappa shape index (κ3) is 3.22. The minimum Gasteiger partial charge on any atom is -0.493 e. The first-order valence-electron chi connectivity index (χ1n) is 7.14. The number of alkyl halides is 1. The van der Waals surface area contributed by atoms with Gasteiger partial charge in [-0.1, -0.05) is 47.7 Å². The number of hydrogen-bond donors (Lipinski definition) is 0. The van der Waals surface area contributed by atoms with Crippen LogP contribution in [0, 0.1) is 5.92 Å². The zero-order valence-corrected chi connectivity index (χ0v) is 14.0. The van der Waals surface area contributed by atoms with Crippen molar-refractivity contribution >= 4 is 15.9 Å². The number of hydrogen-bond acceptors (Lipinski definition) is 3. The average Bonchev–Trinajstić information content (AvgIpc) is 2.98. The second-order valence-electron chi connectivity index (χ2n) is 5.28. The van der Waals surface area contributed by atoms with Gasteiger partial charge in [0, 0.05) is 10.4 Å². The molecule has 1 aromatic rings. The van der Waals surface area contributed by atoms with Crippen LogP contribution in [0.2, 0.25) is 0 Å². The lowest BCUT2D eigenvalue weighted by atomic mass is 9.97.